The largest absolute Gasteiger partial charge is 0.480 e. The summed E-state index contributed by atoms with van der Waals surface area (Å²) in [7, 11) is 2.83. The van der Waals surface area contributed by atoms with Crippen molar-refractivity contribution in [3.63, 3.8) is 0 Å². The first-order valence-electron chi connectivity index (χ1n) is 10.3. The first-order chi connectivity index (χ1) is 16.9. The summed E-state index contributed by atoms with van der Waals surface area (Å²) in [6.07, 6.45) is 4.53. The van der Waals surface area contributed by atoms with Crippen LogP contribution >= 0.6 is 11.6 Å². The molecule has 0 spiro atoms. The van der Waals surface area contributed by atoms with Gasteiger partial charge in [-0.05, 0) is 30.7 Å². The van der Waals surface area contributed by atoms with Gasteiger partial charge in [-0.2, -0.15) is 5.10 Å². The van der Waals surface area contributed by atoms with Crippen LogP contribution in [0.3, 0.4) is 0 Å². The normalized spacial score (nSPS) is 11.1. The van der Waals surface area contributed by atoms with Gasteiger partial charge in [0.2, 0.25) is 5.88 Å². The summed E-state index contributed by atoms with van der Waals surface area (Å²) in [5.74, 6) is -0.564. The van der Waals surface area contributed by atoms with Gasteiger partial charge in [0, 0.05) is 17.6 Å². The average Bonchev–Trinajstić information content (AvgIpc) is 3.49. The fourth-order valence-corrected chi connectivity index (χ4v) is 3.65. The molecule has 3 N–H and O–H groups in total. The summed E-state index contributed by atoms with van der Waals surface area (Å²) in [6, 6.07) is 6.55. The number of ether oxygens (including phenoxy) is 1. The van der Waals surface area contributed by atoms with E-state index in [1.165, 1.54) is 37.4 Å². The van der Waals surface area contributed by atoms with Gasteiger partial charge < -0.3 is 20.2 Å². The second-order valence-corrected chi connectivity index (χ2v) is 7.61. The minimum absolute atomic E-state index is 0.102. The maximum atomic E-state index is 13.5. The van der Waals surface area contributed by atoms with Gasteiger partial charge in [0.1, 0.15) is 12.8 Å². The lowest BCUT2D eigenvalue weighted by molar-refractivity contribution is 0.0961. The molecule has 0 fully saturated rings. The number of hydrogen-bond acceptors (Lipinski definition) is 8. The number of pyridine rings is 1. The molecule has 4 aromatic rings. The number of halogens is 1. The number of rotatable bonds is 8. The Labute approximate surface area is 204 Å². The number of anilines is 1. The van der Waals surface area contributed by atoms with Crippen molar-refractivity contribution in [1.82, 2.24) is 30.3 Å². The molecule has 0 unspecified atom stereocenters. The molecule has 13 heteroatoms. The molecule has 0 atom stereocenters. The van der Waals surface area contributed by atoms with E-state index in [1.807, 2.05) is 6.07 Å². The van der Waals surface area contributed by atoms with Crippen molar-refractivity contribution in [3.05, 3.63) is 58.5 Å². The highest BCUT2D eigenvalue weighted by atomic mass is 35.5. The molecule has 35 heavy (non-hydrogen) atoms. The second-order valence-electron chi connectivity index (χ2n) is 7.20. The van der Waals surface area contributed by atoms with Gasteiger partial charge in [-0.3, -0.25) is 14.7 Å². The number of fused-ring (bicyclic) bond motifs is 1. The fraction of sp³-hybridized carbons (Fsp3) is 0.182. The van der Waals surface area contributed by atoms with E-state index in [0.717, 1.165) is 0 Å². The molecule has 3 aromatic heterocycles. The van der Waals surface area contributed by atoms with Crippen molar-refractivity contribution >= 4 is 46.2 Å². The third-order valence-corrected chi connectivity index (χ3v) is 5.30. The minimum Gasteiger partial charge on any atom is -0.480 e. The molecule has 12 nitrogen and oxygen atoms in total. The third-order valence-electron chi connectivity index (χ3n) is 5.00. The van der Waals surface area contributed by atoms with Gasteiger partial charge >= 0.3 is 0 Å². The number of carbonyl (C=O) groups is 2. The van der Waals surface area contributed by atoms with Gasteiger partial charge in [0.25, 0.3) is 11.8 Å². The summed E-state index contributed by atoms with van der Waals surface area (Å²) in [5.41, 5.74) is 1.73. The van der Waals surface area contributed by atoms with E-state index in [2.05, 4.69) is 40.9 Å². The van der Waals surface area contributed by atoms with Gasteiger partial charge in [0.15, 0.2) is 5.82 Å². The van der Waals surface area contributed by atoms with Crippen LogP contribution in [0.1, 0.15) is 26.4 Å². The van der Waals surface area contributed by atoms with Crippen LogP contribution in [0, 0.1) is 6.92 Å². The number of nitrogens with zero attached hydrogens (tertiary/aromatic N) is 5. The van der Waals surface area contributed by atoms with Crippen molar-refractivity contribution in [1.29, 1.82) is 0 Å². The zero-order valence-electron chi connectivity index (χ0n) is 19.0. The lowest BCUT2D eigenvalue weighted by Gasteiger charge is -2.15. The SMILES string of the molecule is CON=CCNC(=O)c1c(NC(=O)c2cc(OC)nn2-c2ncccc2Cl)c(C)cc2cn[nH]c12. The molecule has 0 radical (unpaired) electrons. The lowest BCUT2D eigenvalue weighted by Crippen LogP contribution is -2.28. The molecule has 0 aliphatic carbocycles. The average molecular weight is 497 g/mol. The van der Waals surface area contributed by atoms with E-state index in [0.29, 0.717) is 27.2 Å². The van der Waals surface area contributed by atoms with Crippen LogP contribution in [0.15, 0.2) is 41.8 Å². The fourth-order valence-electron chi connectivity index (χ4n) is 3.45. The Bertz CT molecular complexity index is 1430. The van der Waals surface area contributed by atoms with Gasteiger partial charge in [0.05, 0.1) is 47.9 Å². The molecule has 0 saturated heterocycles. The van der Waals surface area contributed by atoms with Crippen molar-refractivity contribution < 1.29 is 19.2 Å². The number of hydrogen-bond donors (Lipinski definition) is 3. The molecule has 0 aliphatic heterocycles. The molecular formula is C22H21ClN8O4. The highest BCUT2D eigenvalue weighted by Gasteiger charge is 2.24. The number of amides is 2. The number of carbonyl (C=O) groups excluding carboxylic acids is 2. The first-order valence-corrected chi connectivity index (χ1v) is 10.7. The van der Waals surface area contributed by atoms with Crippen molar-refractivity contribution in [2.45, 2.75) is 6.92 Å². The summed E-state index contributed by atoms with van der Waals surface area (Å²) in [5, 5.41) is 21.3. The Balaban J connectivity index is 1.75. The molecule has 3 heterocycles. The Hall–Kier alpha value is -4.45. The zero-order valence-corrected chi connectivity index (χ0v) is 19.8. The summed E-state index contributed by atoms with van der Waals surface area (Å²) >= 11 is 6.28. The van der Waals surface area contributed by atoms with Crippen molar-refractivity contribution in [2.75, 3.05) is 26.1 Å². The molecule has 180 valence electrons. The molecule has 0 aliphatic rings. The predicted octanol–water partition coefficient (Wildman–Crippen LogP) is 2.73. The topological polar surface area (TPSA) is 148 Å². The highest BCUT2D eigenvalue weighted by Crippen LogP contribution is 2.30. The number of benzene rings is 1. The van der Waals surface area contributed by atoms with Crippen LogP contribution in [-0.2, 0) is 4.84 Å². The Kier molecular flexibility index (Phi) is 6.92. The van der Waals surface area contributed by atoms with Crippen LogP contribution in [0.25, 0.3) is 16.7 Å². The van der Waals surface area contributed by atoms with E-state index in [-0.39, 0.29) is 29.5 Å². The number of nitrogens with one attached hydrogen (secondary N) is 3. The predicted molar refractivity (Wildman–Crippen MR) is 130 cm³/mol. The lowest BCUT2D eigenvalue weighted by atomic mass is 10.0. The second kappa shape index (κ2) is 10.2. The number of aromatic amines is 1. The van der Waals surface area contributed by atoms with Crippen LogP contribution < -0.4 is 15.4 Å². The first kappa shape index (κ1) is 23.7. The quantitative estimate of drug-likeness (QED) is 0.251. The van der Waals surface area contributed by atoms with Crippen LogP contribution in [0.4, 0.5) is 5.69 Å². The standard InChI is InChI=1S/C22H21ClN8O4/c1-12-9-13-11-26-29-19(13)17(22(33)25-7-8-27-35-3)18(12)28-21(32)15-10-16(34-2)30-31(15)20-14(23)5-4-6-24-20/h4-6,8-11H,7H2,1-3H3,(H,25,33)(H,26,29)(H,28,32). The van der Waals surface area contributed by atoms with E-state index >= 15 is 0 Å². The van der Waals surface area contributed by atoms with Crippen LogP contribution in [0.2, 0.25) is 5.02 Å². The molecule has 2 amide bonds. The number of methoxy groups -OCH3 is 1. The van der Waals surface area contributed by atoms with E-state index < -0.39 is 11.8 Å². The smallest absolute Gasteiger partial charge is 0.274 e. The van der Waals surface area contributed by atoms with Gasteiger partial charge in [-0.1, -0.05) is 16.8 Å². The number of H-pyrrole nitrogens is 1. The monoisotopic (exact) mass is 496 g/mol. The Morgan fingerprint density at radius 2 is 2.11 bits per heavy atom. The van der Waals surface area contributed by atoms with Crippen molar-refractivity contribution in [2.24, 2.45) is 5.16 Å². The Morgan fingerprint density at radius 1 is 1.29 bits per heavy atom. The molecule has 4 rings (SSSR count). The minimum atomic E-state index is -0.556. The van der Waals surface area contributed by atoms with Crippen LogP contribution in [0.5, 0.6) is 5.88 Å². The molecule has 0 bridgehead atoms. The van der Waals surface area contributed by atoms with E-state index in [9.17, 15) is 9.59 Å². The Morgan fingerprint density at radius 3 is 2.86 bits per heavy atom. The number of aryl methyl sites for hydroxylation is 1. The third kappa shape index (κ3) is 4.77. The van der Waals surface area contributed by atoms with Crippen LogP contribution in [-0.4, -0.2) is 63.8 Å². The molecule has 0 saturated carbocycles. The van der Waals surface area contributed by atoms with Crippen molar-refractivity contribution in [3.8, 4) is 11.7 Å². The highest BCUT2D eigenvalue weighted by molar-refractivity contribution is 6.32. The number of aromatic nitrogens is 5. The summed E-state index contributed by atoms with van der Waals surface area (Å²) in [4.78, 5) is 35.4. The van der Waals surface area contributed by atoms with Gasteiger partial charge in [-0.15, -0.1) is 5.10 Å². The van der Waals surface area contributed by atoms with Gasteiger partial charge in [-0.25, -0.2) is 9.67 Å². The maximum absolute atomic E-state index is 13.5. The summed E-state index contributed by atoms with van der Waals surface area (Å²) in [6.45, 7) is 1.89. The maximum Gasteiger partial charge on any atom is 0.274 e. The zero-order chi connectivity index (χ0) is 24.9. The number of oxime groups is 1. The molecular weight excluding hydrogens is 476 g/mol. The van der Waals surface area contributed by atoms with E-state index in [1.54, 1.807) is 25.3 Å². The van der Waals surface area contributed by atoms with E-state index in [4.69, 9.17) is 16.3 Å². The molecule has 1 aromatic carbocycles. The summed E-state index contributed by atoms with van der Waals surface area (Å²) < 4.78 is 6.49.